The SMILES string of the molecule is CCC(CC)(C(=O)Nc1ccc(F)cc1I)C(N)=S. The molecular formula is C13H16FIN2OS. The summed E-state index contributed by atoms with van der Waals surface area (Å²) in [6.07, 6.45) is 1.06. The molecule has 0 spiro atoms. The van der Waals surface area contributed by atoms with E-state index in [9.17, 15) is 9.18 Å². The maximum absolute atomic E-state index is 13.0. The summed E-state index contributed by atoms with van der Waals surface area (Å²) >= 11 is 7.00. The van der Waals surface area contributed by atoms with Crippen molar-refractivity contribution in [3.8, 4) is 0 Å². The number of benzene rings is 1. The summed E-state index contributed by atoms with van der Waals surface area (Å²) in [7, 11) is 0. The van der Waals surface area contributed by atoms with Crippen molar-refractivity contribution in [1.82, 2.24) is 0 Å². The third kappa shape index (κ3) is 3.42. The van der Waals surface area contributed by atoms with Gasteiger partial charge in [0.2, 0.25) is 5.91 Å². The average Bonchev–Trinajstić information content (AvgIpc) is 2.34. The predicted molar refractivity (Wildman–Crippen MR) is 87.5 cm³/mol. The quantitative estimate of drug-likeness (QED) is 0.594. The number of hydrogen-bond acceptors (Lipinski definition) is 2. The highest BCUT2D eigenvalue weighted by Crippen LogP contribution is 2.30. The Morgan fingerprint density at radius 1 is 1.47 bits per heavy atom. The molecule has 0 saturated heterocycles. The molecule has 1 aromatic rings. The minimum atomic E-state index is -0.854. The molecule has 0 aromatic heterocycles. The normalized spacial score (nSPS) is 11.2. The lowest BCUT2D eigenvalue weighted by Crippen LogP contribution is -2.45. The van der Waals surface area contributed by atoms with Gasteiger partial charge in [0.05, 0.1) is 16.1 Å². The zero-order valence-corrected chi connectivity index (χ0v) is 13.8. The fourth-order valence-electron chi connectivity index (χ4n) is 1.86. The Labute approximate surface area is 131 Å². The molecule has 19 heavy (non-hydrogen) atoms. The zero-order valence-electron chi connectivity index (χ0n) is 10.8. The highest BCUT2D eigenvalue weighted by Gasteiger charge is 2.38. The van der Waals surface area contributed by atoms with Crippen molar-refractivity contribution in [3.05, 3.63) is 27.6 Å². The number of thiocarbonyl (C=S) groups is 1. The van der Waals surface area contributed by atoms with E-state index in [1.54, 1.807) is 0 Å². The molecule has 6 heteroatoms. The molecule has 0 atom stereocenters. The molecule has 3 N–H and O–H groups in total. The van der Waals surface area contributed by atoms with Gasteiger partial charge in [0, 0.05) is 3.57 Å². The number of anilines is 1. The summed E-state index contributed by atoms with van der Waals surface area (Å²) in [5.41, 5.74) is 5.43. The van der Waals surface area contributed by atoms with Crippen molar-refractivity contribution in [2.75, 3.05) is 5.32 Å². The molecular weight excluding hydrogens is 378 g/mol. The highest BCUT2D eigenvalue weighted by atomic mass is 127. The van der Waals surface area contributed by atoms with Gasteiger partial charge < -0.3 is 11.1 Å². The number of nitrogens with one attached hydrogen (secondary N) is 1. The van der Waals surface area contributed by atoms with Gasteiger partial charge in [0.15, 0.2) is 0 Å². The number of nitrogens with two attached hydrogens (primary N) is 1. The topological polar surface area (TPSA) is 55.1 Å². The van der Waals surface area contributed by atoms with Crippen molar-refractivity contribution < 1.29 is 9.18 Å². The molecule has 1 amide bonds. The smallest absolute Gasteiger partial charge is 0.237 e. The predicted octanol–water partition coefficient (Wildman–Crippen LogP) is 3.46. The van der Waals surface area contributed by atoms with Crippen LogP contribution in [0, 0.1) is 14.8 Å². The van der Waals surface area contributed by atoms with Crippen molar-refractivity contribution >= 4 is 51.4 Å². The first-order chi connectivity index (χ1) is 8.87. The molecule has 0 aliphatic carbocycles. The Morgan fingerprint density at radius 3 is 2.47 bits per heavy atom. The molecule has 1 aromatic carbocycles. The van der Waals surface area contributed by atoms with Gasteiger partial charge in [-0.2, -0.15) is 0 Å². The van der Waals surface area contributed by atoms with Gasteiger partial charge in [-0.3, -0.25) is 4.79 Å². The molecule has 0 heterocycles. The maximum atomic E-state index is 13.0. The zero-order chi connectivity index (χ0) is 14.6. The van der Waals surface area contributed by atoms with Crippen LogP contribution in [0.1, 0.15) is 26.7 Å². The number of hydrogen-bond donors (Lipinski definition) is 2. The van der Waals surface area contributed by atoms with Gasteiger partial charge in [-0.1, -0.05) is 26.1 Å². The molecule has 3 nitrogen and oxygen atoms in total. The Hall–Kier alpha value is -0.760. The van der Waals surface area contributed by atoms with E-state index in [-0.39, 0.29) is 16.7 Å². The molecule has 0 saturated carbocycles. The first-order valence-electron chi connectivity index (χ1n) is 5.93. The van der Waals surface area contributed by atoms with Crippen molar-refractivity contribution in [1.29, 1.82) is 0 Å². The standard InChI is InChI=1S/C13H16FIN2OS/c1-3-13(4-2,11(16)19)12(18)17-10-6-5-8(14)7-9(10)15/h5-7H,3-4H2,1-2H3,(H2,16,19)(H,17,18). The third-order valence-electron chi connectivity index (χ3n) is 3.29. The molecule has 104 valence electrons. The van der Waals surface area contributed by atoms with Crippen LogP contribution in [0.4, 0.5) is 10.1 Å². The van der Waals surface area contributed by atoms with Crippen molar-refractivity contribution in [3.63, 3.8) is 0 Å². The van der Waals surface area contributed by atoms with Gasteiger partial charge >= 0.3 is 0 Å². The summed E-state index contributed by atoms with van der Waals surface area (Å²) in [6, 6.07) is 4.19. The first-order valence-corrected chi connectivity index (χ1v) is 7.42. The Morgan fingerprint density at radius 2 is 2.05 bits per heavy atom. The first kappa shape index (κ1) is 16.3. The summed E-state index contributed by atoms with van der Waals surface area (Å²) < 4.78 is 13.7. The Balaban J connectivity index is 3.03. The second kappa shape index (κ2) is 6.60. The Kier molecular flexibility index (Phi) is 5.66. The van der Waals surface area contributed by atoms with E-state index in [1.165, 1.54) is 18.2 Å². The van der Waals surface area contributed by atoms with E-state index < -0.39 is 5.41 Å². The minimum Gasteiger partial charge on any atom is -0.392 e. The summed E-state index contributed by atoms with van der Waals surface area (Å²) in [6.45, 7) is 3.75. The van der Waals surface area contributed by atoms with Crippen LogP contribution in [0.5, 0.6) is 0 Å². The molecule has 0 fully saturated rings. The lowest BCUT2D eigenvalue weighted by Gasteiger charge is -2.29. The molecule has 0 aliphatic heterocycles. The lowest BCUT2D eigenvalue weighted by molar-refractivity contribution is -0.122. The summed E-state index contributed by atoms with van der Waals surface area (Å²) in [4.78, 5) is 12.6. The minimum absolute atomic E-state index is 0.187. The van der Waals surface area contributed by atoms with E-state index in [0.717, 1.165) is 0 Å². The number of halogens is 2. The van der Waals surface area contributed by atoms with E-state index in [2.05, 4.69) is 5.32 Å². The fourth-order valence-corrected chi connectivity index (χ4v) is 2.86. The second-order valence-electron chi connectivity index (χ2n) is 4.23. The largest absolute Gasteiger partial charge is 0.392 e. The van der Waals surface area contributed by atoms with Crippen LogP contribution in [-0.4, -0.2) is 10.9 Å². The van der Waals surface area contributed by atoms with E-state index in [4.69, 9.17) is 18.0 Å². The van der Waals surface area contributed by atoms with Crippen LogP contribution in [0.15, 0.2) is 18.2 Å². The van der Waals surface area contributed by atoms with Crippen LogP contribution < -0.4 is 11.1 Å². The average molecular weight is 394 g/mol. The van der Waals surface area contributed by atoms with Crippen molar-refractivity contribution in [2.24, 2.45) is 11.1 Å². The van der Waals surface area contributed by atoms with Crippen LogP contribution in [0.2, 0.25) is 0 Å². The lowest BCUT2D eigenvalue weighted by atomic mass is 9.81. The number of carbonyl (C=O) groups excluding carboxylic acids is 1. The van der Waals surface area contributed by atoms with Crippen LogP contribution in [-0.2, 0) is 4.79 Å². The summed E-state index contributed by atoms with van der Waals surface area (Å²) in [5.74, 6) is -0.580. The number of amides is 1. The monoisotopic (exact) mass is 394 g/mol. The van der Waals surface area contributed by atoms with Gasteiger partial charge in [0.25, 0.3) is 0 Å². The van der Waals surface area contributed by atoms with E-state index >= 15 is 0 Å². The molecule has 0 aliphatic rings. The summed E-state index contributed by atoms with van der Waals surface area (Å²) in [5, 5.41) is 2.78. The van der Waals surface area contributed by atoms with Gasteiger partial charge in [-0.05, 0) is 53.6 Å². The molecule has 0 unspecified atom stereocenters. The van der Waals surface area contributed by atoms with Crippen LogP contribution in [0.3, 0.4) is 0 Å². The molecule has 1 rings (SSSR count). The Bertz CT molecular complexity index is 503. The maximum Gasteiger partial charge on any atom is 0.237 e. The van der Waals surface area contributed by atoms with Gasteiger partial charge in [-0.25, -0.2) is 4.39 Å². The van der Waals surface area contributed by atoms with E-state index in [0.29, 0.717) is 22.1 Å². The number of rotatable bonds is 5. The molecule has 0 radical (unpaired) electrons. The fraction of sp³-hybridized carbons (Fsp3) is 0.385. The second-order valence-corrected chi connectivity index (χ2v) is 5.83. The van der Waals surface area contributed by atoms with Crippen LogP contribution in [0.25, 0.3) is 0 Å². The number of carbonyl (C=O) groups is 1. The van der Waals surface area contributed by atoms with E-state index in [1.807, 2.05) is 36.4 Å². The van der Waals surface area contributed by atoms with Crippen LogP contribution >= 0.6 is 34.8 Å². The van der Waals surface area contributed by atoms with Gasteiger partial charge in [0.1, 0.15) is 5.82 Å². The van der Waals surface area contributed by atoms with Gasteiger partial charge in [-0.15, -0.1) is 0 Å². The highest BCUT2D eigenvalue weighted by molar-refractivity contribution is 14.1. The van der Waals surface area contributed by atoms with Crippen molar-refractivity contribution in [2.45, 2.75) is 26.7 Å². The third-order valence-corrected chi connectivity index (χ3v) is 4.58. The molecule has 0 bridgehead atoms.